The first kappa shape index (κ1) is 10.3. The Morgan fingerprint density at radius 1 is 1.41 bits per heavy atom. The number of fused-ring (bicyclic) bond motifs is 2. The lowest BCUT2D eigenvalue weighted by Crippen LogP contribution is -2.52. The van der Waals surface area contributed by atoms with Gasteiger partial charge in [-0.25, -0.2) is 4.79 Å². The highest BCUT2D eigenvalue weighted by atomic mass is 16.5. The zero-order valence-corrected chi connectivity index (χ0v) is 9.50. The van der Waals surface area contributed by atoms with Gasteiger partial charge in [0.15, 0.2) is 0 Å². The van der Waals surface area contributed by atoms with Gasteiger partial charge in [-0.15, -0.1) is 0 Å². The van der Waals surface area contributed by atoms with Crippen LogP contribution in [-0.4, -0.2) is 34.5 Å². The molecule has 3 aliphatic rings. The van der Waals surface area contributed by atoms with Crippen LogP contribution in [0.15, 0.2) is 36.6 Å². The fourth-order valence-electron chi connectivity index (χ4n) is 2.72. The molecular formula is C12H15N3O2. The molecule has 3 rings (SSSR count). The van der Waals surface area contributed by atoms with Gasteiger partial charge in [-0.05, 0) is 18.9 Å². The van der Waals surface area contributed by atoms with E-state index in [0.29, 0.717) is 13.1 Å². The molecule has 17 heavy (non-hydrogen) atoms. The average Bonchev–Trinajstić information content (AvgIpc) is 2.70. The van der Waals surface area contributed by atoms with Crippen molar-refractivity contribution in [3.05, 3.63) is 36.6 Å². The van der Waals surface area contributed by atoms with E-state index in [-0.39, 0.29) is 11.6 Å². The summed E-state index contributed by atoms with van der Waals surface area (Å²) in [6.07, 6.45) is 11.4. The molecular weight excluding hydrogens is 218 g/mol. The van der Waals surface area contributed by atoms with Gasteiger partial charge < -0.3 is 20.3 Å². The normalized spacial score (nSPS) is 24.6. The number of rotatable bonds is 0. The summed E-state index contributed by atoms with van der Waals surface area (Å²) in [6.45, 7) is 1.41. The largest absolute Gasteiger partial charge is 0.469 e. The zero-order valence-electron chi connectivity index (χ0n) is 9.50. The molecule has 90 valence electrons. The SMILES string of the molecule is NC(=O)N1CCC2(C=CC3=COC=CN32)CC1. The maximum absolute atomic E-state index is 11.1. The maximum atomic E-state index is 11.1. The maximum Gasteiger partial charge on any atom is 0.314 e. The molecule has 5 heteroatoms. The van der Waals surface area contributed by atoms with Crippen molar-refractivity contribution in [2.24, 2.45) is 5.73 Å². The molecule has 0 aromatic carbocycles. The Hall–Kier alpha value is -1.91. The van der Waals surface area contributed by atoms with Gasteiger partial charge in [-0.1, -0.05) is 6.08 Å². The van der Waals surface area contributed by atoms with E-state index >= 15 is 0 Å². The lowest BCUT2D eigenvalue weighted by atomic mass is 9.87. The van der Waals surface area contributed by atoms with Crippen LogP contribution in [-0.2, 0) is 4.74 Å². The van der Waals surface area contributed by atoms with E-state index in [1.807, 2.05) is 6.20 Å². The summed E-state index contributed by atoms with van der Waals surface area (Å²) < 4.78 is 5.16. The average molecular weight is 233 g/mol. The van der Waals surface area contributed by atoms with E-state index in [4.69, 9.17) is 10.5 Å². The standard InChI is InChI=1S/C12H15N3O2/c13-11(16)14-5-3-12(4-6-14)2-1-10-9-17-8-7-15(10)12/h1-2,7-9H,3-6H2,(H2,13,16). The molecule has 2 N–H and O–H groups in total. The second-order valence-corrected chi connectivity index (χ2v) is 4.60. The number of carbonyl (C=O) groups excluding carboxylic acids is 1. The fraction of sp³-hybridized carbons (Fsp3) is 0.417. The van der Waals surface area contributed by atoms with Gasteiger partial charge in [0.1, 0.15) is 12.5 Å². The van der Waals surface area contributed by atoms with E-state index in [2.05, 4.69) is 17.1 Å². The zero-order chi connectivity index (χ0) is 11.9. The quantitative estimate of drug-likeness (QED) is 0.682. The molecule has 0 unspecified atom stereocenters. The number of urea groups is 1. The lowest BCUT2D eigenvalue weighted by Gasteiger charge is -2.44. The predicted molar refractivity (Wildman–Crippen MR) is 62.4 cm³/mol. The number of likely N-dealkylation sites (tertiary alicyclic amines) is 1. The second kappa shape index (κ2) is 3.55. The van der Waals surface area contributed by atoms with Gasteiger partial charge in [0.25, 0.3) is 0 Å². The first-order chi connectivity index (χ1) is 8.21. The Balaban J connectivity index is 1.79. The molecule has 1 spiro atoms. The van der Waals surface area contributed by atoms with E-state index < -0.39 is 0 Å². The molecule has 0 bridgehead atoms. The number of allylic oxidation sites excluding steroid dienone is 1. The van der Waals surface area contributed by atoms with Gasteiger partial charge >= 0.3 is 6.03 Å². The summed E-state index contributed by atoms with van der Waals surface area (Å²) in [5, 5.41) is 0. The van der Waals surface area contributed by atoms with Gasteiger partial charge in [0, 0.05) is 19.3 Å². The smallest absolute Gasteiger partial charge is 0.314 e. The van der Waals surface area contributed by atoms with Gasteiger partial charge in [-0.3, -0.25) is 0 Å². The predicted octanol–water partition coefficient (Wildman–Crippen LogP) is 1.11. The Bertz CT molecular complexity index is 431. The van der Waals surface area contributed by atoms with Crippen molar-refractivity contribution in [1.29, 1.82) is 0 Å². The van der Waals surface area contributed by atoms with Crippen LogP contribution < -0.4 is 5.73 Å². The Labute approximate surface area is 99.8 Å². The van der Waals surface area contributed by atoms with Gasteiger partial charge in [0.2, 0.25) is 0 Å². The summed E-state index contributed by atoms with van der Waals surface area (Å²) in [6, 6.07) is -0.324. The van der Waals surface area contributed by atoms with Gasteiger partial charge in [0.05, 0.1) is 11.2 Å². The minimum absolute atomic E-state index is 0.00192. The Morgan fingerprint density at radius 3 is 2.88 bits per heavy atom. The van der Waals surface area contributed by atoms with Crippen molar-refractivity contribution in [3.8, 4) is 0 Å². The first-order valence-electron chi connectivity index (χ1n) is 5.77. The molecule has 5 nitrogen and oxygen atoms in total. The van der Waals surface area contributed by atoms with Crippen molar-refractivity contribution < 1.29 is 9.53 Å². The number of amides is 2. The number of nitrogens with zero attached hydrogens (tertiary/aromatic N) is 2. The Morgan fingerprint density at radius 2 is 2.18 bits per heavy atom. The second-order valence-electron chi connectivity index (χ2n) is 4.60. The molecule has 0 radical (unpaired) electrons. The molecule has 1 saturated heterocycles. The highest BCUT2D eigenvalue weighted by Gasteiger charge is 2.42. The number of ether oxygens (including phenoxy) is 1. The summed E-state index contributed by atoms with van der Waals surface area (Å²) in [4.78, 5) is 15.0. The molecule has 3 heterocycles. The molecule has 3 aliphatic heterocycles. The molecule has 0 saturated carbocycles. The number of piperidine rings is 1. The number of carbonyl (C=O) groups is 1. The number of hydrogen-bond acceptors (Lipinski definition) is 3. The minimum Gasteiger partial charge on any atom is -0.469 e. The number of primary amides is 1. The molecule has 0 aromatic heterocycles. The Kier molecular flexibility index (Phi) is 2.14. The minimum atomic E-state index is -0.324. The van der Waals surface area contributed by atoms with Crippen molar-refractivity contribution in [3.63, 3.8) is 0 Å². The van der Waals surface area contributed by atoms with Crippen LogP contribution in [0.25, 0.3) is 0 Å². The van der Waals surface area contributed by atoms with Crippen molar-refractivity contribution >= 4 is 6.03 Å². The highest BCUT2D eigenvalue weighted by Crippen LogP contribution is 2.39. The first-order valence-corrected chi connectivity index (χ1v) is 5.77. The van der Waals surface area contributed by atoms with Crippen LogP contribution in [0, 0.1) is 0 Å². The monoisotopic (exact) mass is 233 g/mol. The van der Waals surface area contributed by atoms with Crippen molar-refractivity contribution in [2.45, 2.75) is 18.4 Å². The van der Waals surface area contributed by atoms with Crippen LogP contribution in [0.4, 0.5) is 4.79 Å². The van der Waals surface area contributed by atoms with E-state index in [1.165, 1.54) is 0 Å². The van der Waals surface area contributed by atoms with Crippen LogP contribution in [0.2, 0.25) is 0 Å². The van der Waals surface area contributed by atoms with Crippen molar-refractivity contribution in [2.75, 3.05) is 13.1 Å². The summed E-state index contributed by atoms with van der Waals surface area (Å²) >= 11 is 0. The van der Waals surface area contributed by atoms with E-state index in [1.54, 1.807) is 17.4 Å². The van der Waals surface area contributed by atoms with Crippen molar-refractivity contribution in [1.82, 2.24) is 9.80 Å². The topological polar surface area (TPSA) is 58.8 Å². The lowest BCUT2D eigenvalue weighted by molar-refractivity contribution is 0.126. The summed E-state index contributed by atoms with van der Waals surface area (Å²) in [5.74, 6) is 0. The van der Waals surface area contributed by atoms with E-state index in [9.17, 15) is 4.79 Å². The van der Waals surface area contributed by atoms with Crippen LogP contribution in [0.5, 0.6) is 0 Å². The molecule has 0 aromatic rings. The van der Waals surface area contributed by atoms with Gasteiger partial charge in [-0.2, -0.15) is 0 Å². The third-order valence-corrected chi connectivity index (χ3v) is 3.74. The highest BCUT2D eigenvalue weighted by molar-refractivity contribution is 5.72. The van der Waals surface area contributed by atoms with E-state index in [0.717, 1.165) is 18.5 Å². The number of nitrogens with two attached hydrogens (primary N) is 1. The van der Waals surface area contributed by atoms with Crippen LogP contribution in [0.3, 0.4) is 0 Å². The van der Waals surface area contributed by atoms with Crippen LogP contribution >= 0.6 is 0 Å². The summed E-state index contributed by atoms with van der Waals surface area (Å²) in [5.41, 5.74) is 6.36. The number of hydrogen-bond donors (Lipinski definition) is 1. The molecule has 0 aliphatic carbocycles. The molecule has 0 atom stereocenters. The third kappa shape index (κ3) is 1.50. The molecule has 1 fully saturated rings. The summed E-state index contributed by atoms with van der Waals surface area (Å²) in [7, 11) is 0. The van der Waals surface area contributed by atoms with Crippen LogP contribution in [0.1, 0.15) is 12.8 Å². The third-order valence-electron chi connectivity index (χ3n) is 3.74. The fourth-order valence-corrected chi connectivity index (χ4v) is 2.72. The molecule has 2 amide bonds.